The second-order valence-corrected chi connectivity index (χ2v) is 10.4. The Kier molecular flexibility index (Phi) is 4.59. The van der Waals surface area contributed by atoms with Gasteiger partial charge in [-0.1, -0.05) is 24.1 Å². The zero-order chi connectivity index (χ0) is 15.9. The fourth-order valence-electron chi connectivity index (χ4n) is 4.63. The molecule has 2 saturated carbocycles. The number of hydrogen-bond donors (Lipinski definition) is 1. The van der Waals surface area contributed by atoms with Gasteiger partial charge in [-0.25, -0.2) is 0 Å². The minimum atomic E-state index is 0.164. The lowest BCUT2D eigenvalue weighted by Gasteiger charge is -2.52. The summed E-state index contributed by atoms with van der Waals surface area (Å²) in [6, 6.07) is 7.46. The second-order valence-electron chi connectivity index (χ2n) is 6.91. The van der Waals surface area contributed by atoms with Gasteiger partial charge < -0.3 is 5.32 Å². The van der Waals surface area contributed by atoms with Crippen LogP contribution in [0, 0.1) is 17.8 Å². The van der Waals surface area contributed by atoms with Gasteiger partial charge in [0.1, 0.15) is 0 Å². The van der Waals surface area contributed by atoms with Crippen LogP contribution in [-0.4, -0.2) is 21.5 Å². The van der Waals surface area contributed by atoms with Gasteiger partial charge in [0.25, 0.3) is 0 Å². The van der Waals surface area contributed by atoms with E-state index in [2.05, 4.69) is 28.8 Å². The number of amides is 1. The summed E-state index contributed by atoms with van der Waals surface area (Å²) in [5.74, 6) is 4.35. The number of hydrogen-bond acceptors (Lipinski definition) is 3. The zero-order valence-corrected chi connectivity index (χ0v) is 15.5. The Bertz CT molecular complexity index is 586. The van der Waals surface area contributed by atoms with Crippen molar-refractivity contribution < 1.29 is 4.79 Å². The Balaban J connectivity index is 1.48. The predicted octanol–water partition coefficient (Wildman–Crippen LogP) is 5.28. The standard InChI is InChI=1S/C18H22ClNOS2/c19-15-5-2-6-16(11-15)20-17(21)12-9-13-3-1-4-14(10-12)18(13)22-7-8-23-18/h2,5-6,11-14H,1,3-4,7-10H2,(H,20,21). The number of benzene rings is 1. The average molecular weight is 368 g/mol. The summed E-state index contributed by atoms with van der Waals surface area (Å²) in [6.45, 7) is 0. The van der Waals surface area contributed by atoms with E-state index in [1.165, 1.54) is 30.8 Å². The van der Waals surface area contributed by atoms with Crippen molar-refractivity contribution in [1.82, 2.24) is 0 Å². The lowest BCUT2D eigenvalue weighted by molar-refractivity contribution is -0.122. The fourth-order valence-corrected chi connectivity index (χ4v) is 8.76. The Hall–Kier alpha value is -0.320. The summed E-state index contributed by atoms with van der Waals surface area (Å²) in [5, 5.41) is 3.75. The highest BCUT2D eigenvalue weighted by molar-refractivity contribution is 8.21. The summed E-state index contributed by atoms with van der Waals surface area (Å²) < 4.78 is 0.436. The van der Waals surface area contributed by atoms with Crippen molar-refractivity contribution in [3.63, 3.8) is 0 Å². The van der Waals surface area contributed by atoms with Gasteiger partial charge in [0.05, 0.1) is 4.08 Å². The molecule has 1 aromatic rings. The van der Waals surface area contributed by atoms with Crippen LogP contribution >= 0.6 is 35.1 Å². The minimum absolute atomic E-state index is 0.164. The van der Waals surface area contributed by atoms with Crippen LogP contribution < -0.4 is 5.32 Å². The van der Waals surface area contributed by atoms with Gasteiger partial charge in [0.2, 0.25) is 5.91 Å². The van der Waals surface area contributed by atoms with Crippen molar-refractivity contribution in [3.05, 3.63) is 29.3 Å². The van der Waals surface area contributed by atoms with Crippen LogP contribution in [0.25, 0.3) is 0 Å². The van der Waals surface area contributed by atoms with E-state index in [0.29, 0.717) is 20.9 Å². The van der Waals surface area contributed by atoms with Gasteiger partial charge >= 0.3 is 0 Å². The fraction of sp³-hybridized carbons (Fsp3) is 0.611. The molecule has 0 aromatic heterocycles. The van der Waals surface area contributed by atoms with Gasteiger partial charge in [-0.15, -0.1) is 23.5 Å². The molecule has 1 heterocycles. The molecule has 1 spiro atoms. The summed E-state index contributed by atoms with van der Waals surface area (Å²) in [5.41, 5.74) is 0.817. The number of rotatable bonds is 2. The van der Waals surface area contributed by atoms with Crippen molar-refractivity contribution in [2.75, 3.05) is 16.8 Å². The van der Waals surface area contributed by atoms with E-state index >= 15 is 0 Å². The molecule has 1 amide bonds. The van der Waals surface area contributed by atoms with Crippen LogP contribution in [0.5, 0.6) is 0 Å². The van der Waals surface area contributed by atoms with Crippen LogP contribution in [0.4, 0.5) is 5.69 Å². The number of anilines is 1. The molecule has 1 aromatic carbocycles. The largest absolute Gasteiger partial charge is 0.326 e. The first-order chi connectivity index (χ1) is 11.2. The van der Waals surface area contributed by atoms with Crippen molar-refractivity contribution in [1.29, 1.82) is 0 Å². The monoisotopic (exact) mass is 367 g/mol. The Morgan fingerprint density at radius 1 is 1.17 bits per heavy atom. The average Bonchev–Trinajstić information content (AvgIpc) is 2.96. The summed E-state index contributed by atoms with van der Waals surface area (Å²) in [7, 11) is 0. The molecule has 2 unspecified atom stereocenters. The van der Waals surface area contributed by atoms with Crippen LogP contribution in [-0.2, 0) is 4.79 Å². The molecule has 3 fully saturated rings. The number of carbonyl (C=O) groups excluding carboxylic acids is 1. The van der Waals surface area contributed by atoms with E-state index in [0.717, 1.165) is 18.5 Å². The normalized spacial score (nSPS) is 32.0. The van der Waals surface area contributed by atoms with Crippen molar-refractivity contribution in [3.8, 4) is 0 Å². The zero-order valence-electron chi connectivity index (χ0n) is 13.1. The molecule has 0 radical (unpaired) electrons. The van der Waals surface area contributed by atoms with Crippen molar-refractivity contribution in [2.45, 2.75) is 36.2 Å². The first-order valence-corrected chi connectivity index (χ1v) is 10.9. The molecule has 2 nitrogen and oxygen atoms in total. The molecule has 5 heteroatoms. The number of thioether (sulfide) groups is 2. The molecule has 2 bridgehead atoms. The summed E-state index contributed by atoms with van der Waals surface area (Å²) >= 11 is 10.4. The third-order valence-electron chi connectivity index (χ3n) is 5.58. The first-order valence-electron chi connectivity index (χ1n) is 8.52. The third-order valence-corrected chi connectivity index (χ3v) is 9.84. The number of halogens is 1. The molecule has 2 atom stereocenters. The molecule has 3 aliphatic rings. The van der Waals surface area contributed by atoms with E-state index in [1.807, 2.05) is 24.3 Å². The molecular formula is C18H22ClNOS2. The lowest BCUT2D eigenvalue weighted by Crippen LogP contribution is -2.48. The molecule has 1 saturated heterocycles. The van der Waals surface area contributed by atoms with Gasteiger partial charge in [0.15, 0.2) is 0 Å². The summed E-state index contributed by atoms with van der Waals surface area (Å²) in [4.78, 5) is 12.7. The van der Waals surface area contributed by atoms with E-state index in [9.17, 15) is 4.79 Å². The maximum atomic E-state index is 12.7. The molecule has 1 aliphatic heterocycles. The first kappa shape index (κ1) is 16.2. The molecule has 23 heavy (non-hydrogen) atoms. The van der Waals surface area contributed by atoms with E-state index in [1.54, 1.807) is 0 Å². The predicted molar refractivity (Wildman–Crippen MR) is 101 cm³/mol. The van der Waals surface area contributed by atoms with E-state index in [4.69, 9.17) is 11.6 Å². The summed E-state index contributed by atoms with van der Waals surface area (Å²) in [6.07, 6.45) is 6.07. The Labute approximate surface area is 151 Å². The topological polar surface area (TPSA) is 29.1 Å². The molecule has 4 rings (SSSR count). The van der Waals surface area contributed by atoms with E-state index < -0.39 is 0 Å². The SMILES string of the molecule is O=C(Nc1cccc(Cl)c1)C1CC2CCCC(C1)C21SCCS1. The van der Waals surface area contributed by atoms with Gasteiger partial charge in [-0.05, 0) is 55.7 Å². The minimum Gasteiger partial charge on any atom is -0.326 e. The van der Waals surface area contributed by atoms with E-state index in [-0.39, 0.29) is 11.8 Å². The van der Waals surface area contributed by atoms with Crippen LogP contribution in [0.3, 0.4) is 0 Å². The maximum Gasteiger partial charge on any atom is 0.227 e. The van der Waals surface area contributed by atoms with Gasteiger partial charge in [-0.2, -0.15) is 0 Å². The third kappa shape index (κ3) is 3.03. The highest BCUT2D eigenvalue weighted by Gasteiger charge is 2.55. The smallest absolute Gasteiger partial charge is 0.227 e. The molecule has 1 N–H and O–H groups in total. The highest BCUT2D eigenvalue weighted by atomic mass is 35.5. The van der Waals surface area contributed by atoms with Crippen LogP contribution in [0.2, 0.25) is 5.02 Å². The Morgan fingerprint density at radius 3 is 2.52 bits per heavy atom. The number of carbonyl (C=O) groups is 1. The maximum absolute atomic E-state index is 12.7. The Morgan fingerprint density at radius 2 is 1.87 bits per heavy atom. The van der Waals surface area contributed by atoms with Gasteiger partial charge in [-0.3, -0.25) is 4.79 Å². The highest BCUT2D eigenvalue weighted by Crippen LogP contribution is 2.64. The van der Waals surface area contributed by atoms with Crippen molar-refractivity contribution in [2.24, 2.45) is 17.8 Å². The lowest BCUT2D eigenvalue weighted by atomic mass is 9.67. The van der Waals surface area contributed by atoms with Crippen LogP contribution in [0.15, 0.2) is 24.3 Å². The quantitative estimate of drug-likeness (QED) is 0.770. The second kappa shape index (κ2) is 6.53. The van der Waals surface area contributed by atoms with Gasteiger partial charge in [0, 0.05) is 28.1 Å². The van der Waals surface area contributed by atoms with Crippen LogP contribution in [0.1, 0.15) is 32.1 Å². The molecular weight excluding hydrogens is 346 g/mol. The molecule has 124 valence electrons. The number of nitrogens with one attached hydrogen (secondary N) is 1. The molecule has 2 aliphatic carbocycles. The van der Waals surface area contributed by atoms with Crippen molar-refractivity contribution >= 4 is 46.7 Å².